The Morgan fingerprint density at radius 2 is 1.93 bits per heavy atom. The minimum atomic E-state index is -0.471. The highest BCUT2D eigenvalue weighted by Gasteiger charge is 2.57. The Kier molecular flexibility index (Phi) is 2.67. The standard InChI is InChI=1S/C11H18N2O2/c12-9(14)7-13-10(15)8-6-11(8)4-2-1-3-5-11/h8H,1-7H2,(H2,12,14)(H,13,15)/t8-/m0/s1. The number of nitrogens with two attached hydrogens (primary N) is 1. The molecule has 2 rings (SSSR count). The molecule has 15 heavy (non-hydrogen) atoms. The second kappa shape index (κ2) is 3.83. The van der Waals surface area contributed by atoms with Crippen molar-refractivity contribution in [3.05, 3.63) is 0 Å². The maximum Gasteiger partial charge on any atom is 0.236 e. The molecule has 0 radical (unpaired) electrons. The van der Waals surface area contributed by atoms with Gasteiger partial charge in [0, 0.05) is 5.92 Å². The van der Waals surface area contributed by atoms with E-state index in [1.807, 2.05) is 0 Å². The van der Waals surface area contributed by atoms with E-state index in [4.69, 9.17) is 5.73 Å². The third kappa shape index (κ3) is 2.13. The number of primary amides is 1. The van der Waals surface area contributed by atoms with E-state index < -0.39 is 5.91 Å². The van der Waals surface area contributed by atoms with E-state index in [1.54, 1.807) is 0 Å². The van der Waals surface area contributed by atoms with Gasteiger partial charge < -0.3 is 11.1 Å². The lowest BCUT2D eigenvalue weighted by molar-refractivity contribution is -0.126. The van der Waals surface area contributed by atoms with Crippen molar-refractivity contribution in [2.24, 2.45) is 17.1 Å². The Morgan fingerprint density at radius 3 is 2.53 bits per heavy atom. The SMILES string of the molecule is NC(=O)CNC(=O)[C@@H]1CC12CCCCC2. The van der Waals surface area contributed by atoms with Crippen LogP contribution in [0.5, 0.6) is 0 Å². The largest absolute Gasteiger partial charge is 0.368 e. The zero-order valence-electron chi connectivity index (χ0n) is 8.92. The second-order valence-electron chi connectivity index (χ2n) is 4.86. The van der Waals surface area contributed by atoms with Gasteiger partial charge in [0.15, 0.2) is 0 Å². The van der Waals surface area contributed by atoms with Crippen LogP contribution in [0.3, 0.4) is 0 Å². The van der Waals surface area contributed by atoms with E-state index in [2.05, 4.69) is 5.32 Å². The predicted octanol–water partition coefficient (Wildman–Crippen LogP) is 0.558. The molecule has 2 amide bonds. The van der Waals surface area contributed by atoms with E-state index in [0.717, 1.165) is 6.42 Å². The van der Waals surface area contributed by atoms with Gasteiger partial charge in [-0.2, -0.15) is 0 Å². The first-order chi connectivity index (χ1) is 7.14. The van der Waals surface area contributed by atoms with Gasteiger partial charge in [-0.15, -0.1) is 0 Å². The van der Waals surface area contributed by atoms with Crippen LogP contribution in [0.25, 0.3) is 0 Å². The molecule has 84 valence electrons. The van der Waals surface area contributed by atoms with Crippen molar-refractivity contribution in [2.75, 3.05) is 6.54 Å². The Hall–Kier alpha value is -1.06. The normalized spacial score (nSPS) is 27.3. The number of nitrogens with one attached hydrogen (secondary N) is 1. The van der Waals surface area contributed by atoms with Crippen LogP contribution in [-0.2, 0) is 9.59 Å². The van der Waals surface area contributed by atoms with Crippen LogP contribution in [0.1, 0.15) is 38.5 Å². The van der Waals surface area contributed by atoms with Gasteiger partial charge in [0.2, 0.25) is 11.8 Å². The Bertz CT molecular complexity index is 282. The lowest BCUT2D eigenvalue weighted by Crippen LogP contribution is -2.35. The highest BCUT2D eigenvalue weighted by Crippen LogP contribution is 2.61. The number of rotatable bonds is 3. The predicted molar refractivity (Wildman–Crippen MR) is 55.8 cm³/mol. The summed E-state index contributed by atoms with van der Waals surface area (Å²) >= 11 is 0. The summed E-state index contributed by atoms with van der Waals surface area (Å²) in [6.45, 7) is -0.0224. The van der Waals surface area contributed by atoms with Gasteiger partial charge in [-0.1, -0.05) is 19.3 Å². The summed E-state index contributed by atoms with van der Waals surface area (Å²) in [6, 6.07) is 0. The van der Waals surface area contributed by atoms with Gasteiger partial charge in [0.05, 0.1) is 6.54 Å². The highest BCUT2D eigenvalue weighted by molar-refractivity contribution is 5.87. The second-order valence-corrected chi connectivity index (χ2v) is 4.86. The van der Waals surface area contributed by atoms with Crippen molar-refractivity contribution in [3.63, 3.8) is 0 Å². The number of amides is 2. The molecule has 0 aliphatic heterocycles. The molecule has 0 aromatic carbocycles. The first-order valence-electron chi connectivity index (χ1n) is 5.70. The van der Waals surface area contributed by atoms with Gasteiger partial charge in [0.1, 0.15) is 0 Å². The molecule has 0 saturated heterocycles. The van der Waals surface area contributed by atoms with Crippen LogP contribution in [-0.4, -0.2) is 18.4 Å². The number of carbonyl (C=O) groups is 2. The third-order valence-electron chi connectivity index (χ3n) is 3.79. The Balaban J connectivity index is 1.81. The molecule has 4 nitrogen and oxygen atoms in total. The molecule has 2 aliphatic carbocycles. The summed E-state index contributed by atoms with van der Waals surface area (Å²) in [5, 5.41) is 2.60. The van der Waals surface area contributed by atoms with Crippen molar-refractivity contribution in [1.82, 2.24) is 5.32 Å². The monoisotopic (exact) mass is 210 g/mol. The van der Waals surface area contributed by atoms with Gasteiger partial charge in [-0.05, 0) is 24.7 Å². The Morgan fingerprint density at radius 1 is 1.27 bits per heavy atom. The summed E-state index contributed by atoms with van der Waals surface area (Å²) in [6.07, 6.45) is 7.18. The fourth-order valence-corrected chi connectivity index (χ4v) is 2.82. The van der Waals surface area contributed by atoms with E-state index in [1.165, 1.54) is 32.1 Å². The molecule has 0 heterocycles. The first-order valence-corrected chi connectivity index (χ1v) is 5.70. The third-order valence-corrected chi connectivity index (χ3v) is 3.79. The van der Waals surface area contributed by atoms with E-state index in [9.17, 15) is 9.59 Å². The molecular weight excluding hydrogens is 192 g/mol. The van der Waals surface area contributed by atoms with E-state index in [-0.39, 0.29) is 18.4 Å². The average Bonchev–Trinajstić information content (AvgIpc) is 2.90. The molecule has 1 spiro atoms. The molecule has 1 atom stereocenters. The van der Waals surface area contributed by atoms with Crippen molar-refractivity contribution in [1.29, 1.82) is 0 Å². The molecule has 2 fully saturated rings. The zero-order chi connectivity index (χ0) is 10.9. The lowest BCUT2D eigenvalue weighted by Gasteiger charge is -2.21. The summed E-state index contributed by atoms with van der Waals surface area (Å²) in [5.41, 5.74) is 5.27. The van der Waals surface area contributed by atoms with Crippen LogP contribution in [0.2, 0.25) is 0 Å². The molecule has 0 bridgehead atoms. The van der Waals surface area contributed by atoms with Crippen LogP contribution in [0.4, 0.5) is 0 Å². The number of carbonyl (C=O) groups excluding carboxylic acids is 2. The van der Waals surface area contributed by atoms with Gasteiger partial charge in [-0.3, -0.25) is 9.59 Å². The number of hydrogen-bond acceptors (Lipinski definition) is 2. The molecule has 2 aliphatic rings. The lowest BCUT2D eigenvalue weighted by atomic mass is 9.84. The van der Waals surface area contributed by atoms with Gasteiger partial charge >= 0.3 is 0 Å². The van der Waals surface area contributed by atoms with Crippen LogP contribution >= 0.6 is 0 Å². The van der Waals surface area contributed by atoms with Crippen molar-refractivity contribution < 1.29 is 9.59 Å². The summed E-state index contributed by atoms with van der Waals surface area (Å²) in [7, 11) is 0. The smallest absolute Gasteiger partial charge is 0.236 e. The van der Waals surface area contributed by atoms with Crippen LogP contribution < -0.4 is 11.1 Å². The van der Waals surface area contributed by atoms with Crippen molar-refractivity contribution >= 4 is 11.8 Å². The minimum Gasteiger partial charge on any atom is -0.368 e. The molecular formula is C11H18N2O2. The summed E-state index contributed by atoms with van der Waals surface area (Å²) in [4.78, 5) is 22.2. The molecule has 0 aromatic heterocycles. The van der Waals surface area contributed by atoms with Crippen molar-refractivity contribution in [3.8, 4) is 0 Å². The average molecular weight is 210 g/mol. The fourth-order valence-electron chi connectivity index (χ4n) is 2.82. The van der Waals surface area contributed by atoms with Crippen LogP contribution in [0, 0.1) is 11.3 Å². The van der Waals surface area contributed by atoms with E-state index in [0.29, 0.717) is 5.41 Å². The molecule has 4 heteroatoms. The molecule has 0 unspecified atom stereocenters. The zero-order valence-corrected chi connectivity index (χ0v) is 8.92. The minimum absolute atomic E-state index is 0.0224. The summed E-state index contributed by atoms with van der Waals surface area (Å²) < 4.78 is 0. The van der Waals surface area contributed by atoms with Gasteiger partial charge in [0.25, 0.3) is 0 Å². The first kappa shape index (κ1) is 10.5. The van der Waals surface area contributed by atoms with Gasteiger partial charge in [-0.25, -0.2) is 0 Å². The van der Waals surface area contributed by atoms with Crippen LogP contribution in [0.15, 0.2) is 0 Å². The molecule has 3 N–H and O–H groups in total. The Labute approximate surface area is 89.6 Å². The quantitative estimate of drug-likeness (QED) is 0.714. The fraction of sp³-hybridized carbons (Fsp3) is 0.818. The maximum atomic E-state index is 11.7. The summed E-state index contributed by atoms with van der Waals surface area (Å²) in [5.74, 6) is -0.297. The number of hydrogen-bond donors (Lipinski definition) is 2. The topological polar surface area (TPSA) is 72.2 Å². The van der Waals surface area contributed by atoms with E-state index >= 15 is 0 Å². The van der Waals surface area contributed by atoms with Crippen molar-refractivity contribution in [2.45, 2.75) is 38.5 Å². The highest BCUT2D eigenvalue weighted by atomic mass is 16.2. The maximum absolute atomic E-state index is 11.7. The molecule has 0 aromatic rings. The molecule has 2 saturated carbocycles.